The fourth-order valence-electron chi connectivity index (χ4n) is 2.32. The summed E-state index contributed by atoms with van der Waals surface area (Å²) in [7, 11) is -2.04. The van der Waals surface area contributed by atoms with Crippen LogP contribution in [0.4, 0.5) is 5.69 Å². The normalized spacial score (nSPS) is 11.6. The predicted octanol–water partition coefficient (Wildman–Crippen LogP) is 3.76. The highest BCUT2D eigenvalue weighted by Gasteiger charge is 2.23. The van der Waals surface area contributed by atoms with Gasteiger partial charge in [-0.15, -0.1) is 0 Å². The molecule has 6 nitrogen and oxygen atoms in total. The quantitative estimate of drug-likeness (QED) is 0.745. The number of rotatable bonds is 8. The molecule has 0 bridgehead atoms. The molecule has 2 aromatic rings. The summed E-state index contributed by atoms with van der Waals surface area (Å²) in [5, 5.41) is 2.81. The molecule has 146 valence electrons. The van der Waals surface area contributed by atoms with Crippen LogP contribution in [0.2, 0.25) is 0 Å². The molecule has 0 saturated carbocycles. The van der Waals surface area contributed by atoms with E-state index in [1.807, 2.05) is 19.1 Å². The number of nitrogens with one attached hydrogen (secondary N) is 1. The number of hydrogen-bond donors (Lipinski definition) is 1. The van der Waals surface area contributed by atoms with Gasteiger partial charge in [-0.05, 0) is 56.7 Å². The van der Waals surface area contributed by atoms with Gasteiger partial charge in [0, 0.05) is 18.7 Å². The lowest BCUT2D eigenvalue weighted by Gasteiger charge is -2.21. The smallest absolute Gasteiger partial charge is 0.255 e. The van der Waals surface area contributed by atoms with Crippen molar-refractivity contribution in [1.82, 2.24) is 4.31 Å². The fraction of sp³-hybridized carbons (Fsp3) is 0.350. The minimum atomic E-state index is -3.57. The maximum Gasteiger partial charge on any atom is 0.255 e. The van der Waals surface area contributed by atoms with Gasteiger partial charge in [0.1, 0.15) is 5.75 Å². The number of nitrogens with zero attached hydrogens (tertiary/aromatic N) is 1. The summed E-state index contributed by atoms with van der Waals surface area (Å²) in [5.74, 6) is 0.272. The van der Waals surface area contributed by atoms with E-state index in [0.717, 1.165) is 6.42 Å². The Balaban J connectivity index is 2.17. The first-order valence-corrected chi connectivity index (χ1v) is 10.3. The van der Waals surface area contributed by atoms with Crippen LogP contribution in [0.25, 0.3) is 0 Å². The van der Waals surface area contributed by atoms with Gasteiger partial charge in [-0.1, -0.05) is 19.1 Å². The summed E-state index contributed by atoms with van der Waals surface area (Å²) in [6.07, 6.45) is 0.864. The molecule has 2 aromatic carbocycles. The second kappa shape index (κ2) is 9.01. The molecule has 0 aliphatic rings. The standard InChI is InChI=1S/C20H26N2O4S/c1-5-14-26-19-9-7-6-8-18(19)21-20(23)16-10-12-17(13-11-16)27(24,25)22(4)15(2)3/h6-13,15H,5,14H2,1-4H3,(H,21,23). The van der Waals surface area contributed by atoms with Crippen LogP contribution in [0, 0.1) is 0 Å². The number of sulfonamides is 1. The number of carbonyl (C=O) groups excluding carboxylic acids is 1. The van der Waals surface area contributed by atoms with Crippen molar-refractivity contribution in [3.63, 3.8) is 0 Å². The lowest BCUT2D eigenvalue weighted by atomic mass is 10.2. The van der Waals surface area contributed by atoms with Crippen molar-refractivity contribution in [3.8, 4) is 5.75 Å². The van der Waals surface area contributed by atoms with Crippen LogP contribution in [0.15, 0.2) is 53.4 Å². The predicted molar refractivity (Wildman–Crippen MR) is 107 cm³/mol. The average Bonchev–Trinajstić information content (AvgIpc) is 2.66. The van der Waals surface area contributed by atoms with E-state index < -0.39 is 10.0 Å². The highest BCUT2D eigenvalue weighted by atomic mass is 32.2. The van der Waals surface area contributed by atoms with E-state index in [9.17, 15) is 13.2 Å². The van der Waals surface area contributed by atoms with Gasteiger partial charge < -0.3 is 10.1 Å². The van der Waals surface area contributed by atoms with Crippen molar-refractivity contribution in [1.29, 1.82) is 0 Å². The summed E-state index contributed by atoms with van der Waals surface area (Å²) in [6.45, 7) is 6.17. The maximum absolute atomic E-state index is 12.5. The molecule has 0 atom stereocenters. The Kier molecular flexibility index (Phi) is 6.98. The van der Waals surface area contributed by atoms with Crippen LogP contribution in [-0.2, 0) is 10.0 Å². The van der Waals surface area contributed by atoms with Gasteiger partial charge in [0.2, 0.25) is 10.0 Å². The lowest BCUT2D eigenvalue weighted by Crippen LogP contribution is -2.33. The molecule has 27 heavy (non-hydrogen) atoms. The summed E-state index contributed by atoms with van der Waals surface area (Å²) in [5.41, 5.74) is 0.943. The zero-order valence-corrected chi connectivity index (χ0v) is 16.9. The largest absolute Gasteiger partial charge is 0.491 e. The van der Waals surface area contributed by atoms with Gasteiger partial charge >= 0.3 is 0 Å². The molecule has 2 rings (SSSR count). The molecule has 0 heterocycles. The van der Waals surface area contributed by atoms with E-state index in [1.165, 1.54) is 35.6 Å². The third-order valence-corrected chi connectivity index (χ3v) is 6.17. The first-order valence-electron chi connectivity index (χ1n) is 8.88. The van der Waals surface area contributed by atoms with Gasteiger partial charge in [-0.2, -0.15) is 4.31 Å². The minimum absolute atomic E-state index is 0.155. The van der Waals surface area contributed by atoms with Crippen LogP contribution >= 0.6 is 0 Å². The monoisotopic (exact) mass is 390 g/mol. The van der Waals surface area contributed by atoms with E-state index in [1.54, 1.807) is 26.0 Å². The van der Waals surface area contributed by atoms with Crippen molar-refractivity contribution in [2.75, 3.05) is 19.0 Å². The number of hydrogen-bond acceptors (Lipinski definition) is 4. The van der Waals surface area contributed by atoms with Gasteiger partial charge in [0.25, 0.3) is 5.91 Å². The van der Waals surface area contributed by atoms with Crippen molar-refractivity contribution in [3.05, 3.63) is 54.1 Å². The van der Waals surface area contributed by atoms with Crippen molar-refractivity contribution in [2.24, 2.45) is 0 Å². The summed E-state index contributed by atoms with van der Waals surface area (Å²) < 4.78 is 31.9. The molecule has 0 radical (unpaired) electrons. The Morgan fingerprint density at radius 3 is 2.33 bits per heavy atom. The van der Waals surface area contributed by atoms with Crippen LogP contribution in [-0.4, -0.2) is 38.3 Å². The first kappa shape index (κ1) is 20.9. The minimum Gasteiger partial charge on any atom is -0.491 e. The second-order valence-corrected chi connectivity index (χ2v) is 8.44. The Morgan fingerprint density at radius 2 is 1.74 bits per heavy atom. The Bertz CT molecular complexity index is 877. The second-order valence-electron chi connectivity index (χ2n) is 6.44. The van der Waals surface area contributed by atoms with Crippen LogP contribution in [0.3, 0.4) is 0 Å². The average molecular weight is 391 g/mol. The van der Waals surface area contributed by atoms with Gasteiger partial charge in [-0.3, -0.25) is 4.79 Å². The molecule has 0 unspecified atom stereocenters. The molecule has 0 fully saturated rings. The van der Waals surface area contributed by atoms with Gasteiger partial charge in [0.05, 0.1) is 17.2 Å². The Morgan fingerprint density at radius 1 is 1.11 bits per heavy atom. The molecule has 0 aliphatic heterocycles. The highest BCUT2D eigenvalue weighted by Crippen LogP contribution is 2.25. The number of para-hydroxylation sites is 2. The van der Waals surface area contributed by atoms with E-state index in [4.69, 9.17) is 4.74 Å². The molecule has 0 spiro atoms. The molecule has 1 amide bonds. The van der Waals surface area contributed by atoms with E-state index in [0.29, 0.717) is 23.6 Å². The molecule has 1 N–H and O–H groups in total. The molecule has 0 aromatic heterocycles. The van der Waals surface area contributed by atoms with Crippen molar-refractivity contribution < 1.29 is 17.9 Å². The van der Waals surface area contributed by atoms with Crippen LogP contribution < -0.4 is 10.1 Å². The SMILES string of the molecule is CCCOc1ccccc1NC(=O)c1ccc(S(=O)(=O)N(C)C(C)C)cc1. The zero-order chi connectivity index (χ0) is 20.0. The first-order chi connectivity index (χ1) is 12.8. The maximum atomic E-state index is 12.5. The Hall–Kier alpha value is -2.38. The molecule has 0 saturated heterocycles. The van der Waals surface area contributed by atoms with E-state index in [2.05, 4.69) is 5.32 Å². The number of benzene rings is 2. The summed E-state index contributed by atoms with van der Waals surface area (Å²) in [6, 6.07) is 13.0. The Labute approximate surface area is 161 Å². The van der Waals surface area contributed by atoms with E-state index in [-0.39, 0.29) is 16.8 Å². The highest BCUT2D eigenvalue weighted by molar-refractivity contribution is 7.89. The summed E-state index contributed by atoms with van der Waals surface area (Å²) >= 11 is 0. The number of anilines is 1. The topological polar surface area (TPSA) is 75.7 Å². The van der Waals surface area contributed by atoms with Crippen LogP contribution in [0.5, 0.6) is 5.75 Å². The molecule has 0 aliphatic carbocycles. The van der Waals surface area contributed by atoms with Gasteiger partial charge in [0.15, 0.2) is 0 Å². The molecule has 7 heteroatoms. The molecular weight excluding hydrogens is 364 g/mol. The third kappa shape index (κ3) is 5.08. The third-order valence-electron chi connectivity index (χ3n) is 4.12. The zero-order valence-electron chi connectivity index (χ0n) is 16.1. The molecular formula is C20H26N2O4S. The van der Waals surface area contributed by atoms with Gasteiger partial charge in [-0.25, -0.2) is 8.42 Å². The summed E-state index contributed by atoms with van der Waals surface area (Å²) in [4.78, 5) is 12.7. The fourth-order valence-corrected chi connectivity index (χ4v) is 3.69. The lowest BCUT2D eigenvalue weighted by molar-refractivity contribution is 0.102. The van der Waals surface area contributed by atoms with E-state index >= 15 is 0 Å². The number of ether oxygens (including phenoxy) is 1. The number of amides is 1. The number of carbonyl (C=O) groups is 1. The van der Waals surface area contributed by atoms with Crippen molar-refractivity contribution >= 4 is 21.6 Å². The van der Waals surface area contributed by atoms with Crippen LogP contribution in [0.1, 0.15) is 37.6 Å². The van der Waals surface area contributed by atoms with Crippen molar-refractivity contribution in [2.45, 2.75) is 38.1 Å².